The molecule has 0 amide bonds. The van der Waals surface area contributed by atoms with Gasteiger partial charge in [0.2, 0.25) is 0 Å². The Bertz CT molecular complexity index is 351. The van der Waals surface area contributed by atoms with Crippen LogP contribution in [0.2, 0.25) is 0 Å². The predicted molar refractivity (Wildman–Crippen MR) is 72.0 cm³/mol. The van der Waals surface area contributed by atoms with Crippen LogP contribution in [0.3, 0.4) is 0 Å². The van der Waals surface area contributed by atoms with Crippen LogP contribution in [0.25, 0.3) is 0 Å². The fourth-order valence-electron chi connectivity index (χ4n) is 1.39. The smallest absolute Gasteiger partial charge is 0.309 e. The van der Waals surface area contributed by atoms with E-state index in [-0.39, 0.29) is 6.42 Å². The first-order valence-corrected chi connectivity index (χ1v) is 7.53. The molecule has 1 heterocycles. The van der Waals surface area contributed by atoms with Gasteiger partial charge in [-0.25, -0.2) is 4.98 Å². The van der Waals surface area contributed by atoms with Crippen molar-refractivity contribution in [1.82, 2.24) is 9.88 Å². The molecule has 0 aromatic carbocycles. The van der Waals surface area contributed by atoms with Gasteiger partial charge < -0.3 is 10.0 Å². The van der Waals surface area contributed by atoms with Gasteiger partial charge >= 0.3 is 5.97 Å². The highest BCUT2D eigenvalue weighted by Gasteiger charge is 2.07. The molecule has 0 atom stereocenters. The third-order valence-corrected chi connectivity index (χ3v) is 4.44. The molecule has 96 valence electrons. The Morgan fingerprint density at radius 3 is 2.82 bits per heavy atom. The molecule has 0 bridgehead atoms. The van der Waals surface area contributed by atoms with Crippen LogP contribution in [0, 0.1) is 0 Å². The van der Waals surface area contributed by atoms with Crippen LogP contribution in [0.5, 0.6) is 0 Å². The summed E-state index contributed by atoms with van der Waals surface area (Å²) in [5.41, 5.74) is 0.660. The first-order valence-electron chi connectivity index (χ1n) is 5.67. The van der Waals surface area contributed by atoms with E-state index in [4.69, 9.17) is 5.11 Å². The number of carboxylic acids is 1. The van der Waals surface area contributed by atoms with Gasteiger partial charge in [-0.2, -0.15) is 0 Å². The minimum Gasteiger partial charge on any atom is -0.481 e. The second-order valence-corrected chi connectivity index (χ2v) is 5.75. The van der Waals surface area contributed by atoms with Crippen LogP contribution in [0.4, 0.5) is 0 Å². The highest BCUT2D eigenvalue weighted by atomic mass is 32.2. The summed E-state index contributed by atoms with van der Waals surface area (Å²) in [7, 11) is 0. The number of carboxylic acid groups (broad SMARTS) is 1. The summed E-state index contributed by atoms with van der Waals surface area (Å²) >= 11 is 3.23. The molecule has 0 aliphatic heterocycles. The van der Waals surface area contributed by atoms with Gasteiger partial charge in [0.1, 0.15) is 4.34 Å². The summed E-state index contributed by atoms with van der Waals surface area (Å²) in [6, 6.07) is 0. The molecular formula is C11H18N2O2S2. The van der Waals surface area contributed by atoms with Crippen LogP contribution in [0.15, 0.2) is 9.72 Å². The van der Waals surface area contributed by atoms with Crippen molar-refractivity contribution in [3.05, 3.63) is 11.1 Å². The van der Waals surface area contributed by atoms with Crippen molar-refractivity contribution in [3.63, 3.8) is 0 Å². The second kappa shape index (κ2) is 7.68. The Morgan fingerprint density at radius 1 is 1.53 bits per heavy atom. The SMILES string of the molecule is CCN(CC)CCSc1nc(CC(=O)O)cs1. The molecule has 0 saturated heterocycles. The lowest BCUT2D eigenvalue weighted by Gasteiger charge is -2.16. The van der Waals surface area contributed by atoms with Gasteiger partial charge in [-0.1, -0.05) is 25.6 Å². The van der Waals surface area contributed by atoms with Crippen LogP contribution in [-0.2, 0) is 11.2 Å². The number of hydrogen-bond donors (Lipinski definition) is 1. The highest BCUT2D eigenvalue weighted by Crippen LogP contribution is 2.22. The third-order valence-electron chi connectivity index (χ3n) is 2.39. The Kier molecular flexibility index (Phi) is 6.54. The number of thioether (sulfide) groups is 1. The van der Waals surface area contributed by atoms with Gasteiger partial charge in [0.05, 0.1) is 12.1 Å². The quantitative estimate of drug-likeness (QED) is 0.737. The summed E-state index contributed by atoms with van der Waals surface area (Å²) in [5, 5.41) is 10.5. The Hall–Kier alpha value is -0.590. The number of nitrogens with zero attached hydrogens (tertiary/aromatic N) is 2. The van der Waals surface area contributed by atoms with Crippen LogP contribution >= 0.6 is 23.1 Å². The topological polar surface area (TPSA) is 53.4 Å². The third kappa shape index (κ3) is 5.52. The molecule has 1 N–H and O–H groups in total. The van der Waals surface area contributed by atoms with Gasteiger partial charge in [0.25, 0.3) is 0 Å². The monoisotopic (exact) mass is 274 g/mol. The predicted octanol–water partition coefficient (Wildman–Crippen LogP) is 2.20. The summed E-state index contributed by atoms with van der Waals surface area (Å²) in [6.07, 6.45) is 0.0209. The van der Waals surface area contributed by atoms with Crippen molar-refractivity contribution in [2.45, 2.75) is 24.6 Å². The number of thiazole rings is 1. The van der Waals surface area contributed by atoms with Crippen molar-refractivity contribution in [2.75, 3.05) is 25.4 Å². The van der Waals surface area contributed by atoms with Crippen LogP contribution in [0.1, 0.15) is 19.5 Å². The fraction of sp³-hybridized carbons (Fsp3) is 0.636. The first kappa shape index (κ1) is 14.5. The van der Waals surface area contributed by atoms with E-state index in [2.05, 4.69) is 23.7 Å². The van der Waals surface area contributed by atoms with E-state index in [0.29, 0.717) is 5.69 Å². The Morgan fingerprint density at radius 2 is 2.24 bits per heavy atom. The minimum atomic E-state index is -0.824. The van der Waals surface area contributed by atoms with E-state index in [1.165, 1.54) is 11.3 Å². The lowest BCUT2D eigenvalue weighted by Crippen LogP contribution is -2.25. The number of aliphatic carboxylic acids is 1. The molecule has 17 heavy (non-hydrogen) atoms. The van der Waals surface area contributed by atoms with E-state index in [1.54, 1.807) is 11.8 Å². The second-order valence-electron chi connectivity index (χ2n) is 3.55. The van der Waals surface area contributed by atoms with Gasteiger partial charge in [-0.15, -0.1) is 11.3 Å². The lowest BCUT2D eigenvalue weighted by atomic mass is 10.3. The maximum Gasteiger partial charge on any atom is 0.309 e. The molecule has 1 rings (SSSR count). The molecule has 0 aliphatic rings. The Labute approximate surface area is 110 Å². The zero-order chi connectivity index (χ0) is 12.7. The molecule has 6 heteroatoms. The van der Waals surface area contributed by atoms with Crippen molar-refractivity contribution >= 4 is 29.1 Å². The summed E-state index contributed by atoms with van der Waals surface area (Å²) in [6.45, 7) is 7.49. The van der Waals surface area contributed by atoms with E-state index in [1.807, 2.05) is 5.38 Å². The van der Waals surface area contributed by atoms with Crippen molar-refractivity contribution < 1.29 is 9.90 Å². The van der Waals surface area contributed by atoms with Gasteiger partial charge in [-0.3, -0.25) is 4.79 Å². The van der Waals surface area contributed by atoms with Gasteiger partial charge in [0, 0.05) is 17.7 Å². The zero-order valence-corrected chi connectivity index (χ0v) is 11.8. The van der Waals surface area contributed by atoms with Gasteiger partial charge in [-0.05, 0) is 13.1 Å². The molecule has 0 radical (unpaired) electrons. The number of hydrogen-bond acceptors (Lipinski definition) is 5. The van der Waals surface area contributed by atoms with Gasteiger partial charge in [0.15, 0.2) is 0 Å². The van der Waals surface area contributed by atoms with E-state index < -0.39 is 5.97 Å². The fourth-order valence-corrected chi connectivity index (χ4v) is 3.31. The van der Waals surface area contributed by atoms with Crippen molar-refractivity contribution in [1.29, 1.82) is 0 Å². The number of aromatic nitrogens is 1. The summed E-state index contributed by atoms with van der Waals surface area (Å²) in [5.74, 6) is 0.178. The van der Waals surface area contributed by atoms with Crippen LogP contribution in [-0.4, -0.2) is 46.3 Å². The van der Waals surface area contributed by atoms with Crippen molar-refractivity contribution in [3.8, 4) is 0 Å². The standard InChI is InChI=1S/C11H18N2O2S2/c1-3-13(4-2)5-6-16-11-12-9(8-17-11)7-10(14)15/h8H,3-7H2,1-2H3,(H,14,15). The van der Waals surface area contributed by atoms with Crippen molar-refractivity contribution in [2.24, 2.45) is 0 Å². The molecule has 1 aromatic heterocycles. The normalized spacial score (nSPS) is 11.0. The average Bonchev–Trinajstić information content (AvgIpc) is 2.71. The molecule has 1 aromatic rings. The highest BCUT2D eigenvalue weighted by molar-refractivity contribution is 8.01. The minimum absolute atomic E-state index is 0.0209. The first-order chi connectivity index (χ1) is 8.15. The van der Waals surface area contributed by atoms with E-state index in [9.17, 15) is 4.79 Å². The molecule has 0 aliphatic carbocycles. The summed E-state index contributed by atoms with van der Waals surface area (Å²) in [4.78, 5) is 17.2. The Balaban J connectivity index is 2.32. The zero-order valence-electron chi connectivity index (χ0n) is 10.2. The molecule has 0 unspecified atom stereocenters. The van der Waals surface area contributed by atoms with Crippen LogP contribution < -0.4 is 0 Å². The largest absolute Gasteiger partial charge is 0.481 e. The molecule has 4 nitrogen and oxygen atoms in total. The molecule has 0 fully saturated rings. The maximum atomic E-state index is 10.5. The number of rotatable bonds is 8. The molecule has 0 spiro atoms. The van der Waals surface area contributed by atoms with E-state index in [0.717, 1.165) is 29.7 Å². The molecule has 0 saturated carbocycles. The summed E-state index contributed by atoms with van der Waals surface area (Å²) < 4.78 is 0.966. The molecular weight excluding hydrogens is 256 g/mol. The maximum absolute atomic E-state index is 10.5. The average molecular weight is 274 g/mol. The number of carbonyl (C=O) groups is 1. The lowest BCUT2D eigenvalue weighted by molar-refractivity contribution is -0.136. The van der Waals surface area contributed by atoms with E-state index >= 15 is 0 Å².